The van der Waals surface area contributed by atoms with E-state index in [2.05, 4.69) is 27.7 Å². The predicted octanol–water partition coefficient (Wildman–Crippen LogP) is 5.36. The van der Waals surface area contributed by atoms with Gasteiger partial charge in [0.05, 0.1) is 5.92 Å². The Bertz CT molecular complexity index is 451. The van der Waals surface area contributed by atoms with Gasteiger partial charge >= 0.3 is 5.97 Å². The van der Waals surface area contributed by atoms with Gasteiger partial charge in [-0.15, -0.1) is 0 Å². The SMILES string of the molecule is CC1CCC(CCC2CCC(C(=O)OC3CC(C)C(C)C(C)C3)CC2)CC1.O.O. The average Bonchev–Trinajstić information content (AvgIpc) is 2.66. The first kappa shape index (κ1) is 26.4. The number of esters is 1. The van der Waals surface area contributed by atoms with Gasteiger partial charge < -0.3 is 15.7 Å². The van der Waals surface area contributed by atoms with Gasteiger partial charge in [0.2, 0.25) is 0 Å². The monoisotopic (exact) mass is 412 g/mol. The third-order valence-electron chi connectivity index (χ3n) is 8.65. The minimum Gasteiger partial charge on any atom is -0.462 e. The first-order chi connectivity index (χ1) is 12.9. The molecule has 4 N–H and O–H groups in total. The van der Waals surface area contributed by atoms with Crippen LogP contribution in [0.15, 0.2) is 0 Å². The number of ether oxygens (including phenoxy) is 1. The maximum absolute atomic E-state index is 12.7. The van der Waals surface area contributed by atoms with Crippen molar-refractivity contribution < 1.29 is 20.5 Å². The van der Waals surface area contributed by atoms with Gasteiger partial charge in [-0.05, 0) is 74.0 Å². The average molecular weight is 413 g/mol. The van der Waals surface area contributed by atoms with E-state index in [1.807, 2.05) is 0 Å². The Morgan fingerprint density at radius 2 is 1.17 bits per heavy atom. The van der Waals surface area contributed by atoms with E-state index in [1.54, 1.807) is 0 Å². The molecule has 0 saturated heterocycles. The zero-order valence-corrected chi connectivity index (χ0v) is 19.4. The number of hydrogen-bond acceptors (Lipinski definition) is 2. The molecule has 2 atom stereocenters. The molecular formula is C25H48O4. The van der Waals surface area contributed by atoms with Crippen molar-refractivity contribution in [3.63, 3.8) is 0 Å². The summed E-state index contributed by atoms with van der Waals surface area (Å²) in [6.45, 7) is 9.40. The zero-order chi connectivity index (χ0) is 19.4. The Labute approximate surface area is 179 Å². The van der Waals surface area contributed by atoms with Crippen molar-refractivity contribution in [1.82, 2.24) is 0 Å². The first-order valence-electron chi connectivity index (χ1n) is 12.1. The number of carbonyl (C=O) groups excluding carboxylic acids is 1. The van der Waals surface area contributed by atoms with Crippen LogP contribution < -0.4 is 0 Å². The second-order valence-electron chi connectivity index (χ2n) is 10.8. The summed E-state index contributed by atoms with van der Waals surface area (Å²) in [7, 11) is 0. The second kappa shape index (κ2) is 12.3. The van der Waals surface area contributed by atoms with Gasteiger partial charge in [-0.3, -0.25) is 4.79 Å². The lowest BCUT2D eigenvalue weighted by atomic mass is 9.73. The molecule has 0 heterocycles. The highest BCUT2D eigenvalue weighted by Gasteiger charge is 2.34. The number of rotatable bonds is 5. The molecule has 0 radical (unpaired) electrons. The fourth-order valence-electron chi connectivity index (χ4n) is 6.05. The fourth-order valence-corrected chi connectivity index (χ4v) is 6.05. The number of hydrogen-bond donors (Lipinski definition) is 0. The molecule has 3 fully saturated rings. The summed E-state index contributed by atoms with van der Waals surface area (Å²) in [5.74, 6) is 5.21. The molecule has 0 spiro atoms. The number of carbonyl (C=O) groups is 1. The van der Waals surface area contributed by atoms with Crippen LogP contribution in [0.4, 0.5) is 0 Å². The predicted molar refractivity (Wildman–Crippen MR) is 120 cm³/mol. The molecule has 172 valence electrons. The van der Waals surface area contributed by atoms with E-state index in [-0.39, 0.29) is 28.9 Å². The molecule has 3 saturated carbocycles. The van der Waals surface area contributed by atoms with Gasteiger partial charge in [-0.2, -0.15) is 0 Å². The van der Waals surface area contributed by atoms with Gasteiger partial charge in [0, 0.05) is 0 Å². The maximum Gasteiger partial charge on any atom is 0.309 e. The van der Waals surface area contributed by atoms with E-state index >= 15 is 0 Å². The lowest BCUT2D eigenvalue weighted by Gasteiger charge is -2.37. The summed E-state index contributed by atoms with van der Waals surface area (Å²) in [6.07, 6.45) is 15.6. The van der Waals surface area contributed by atoms with E-state index in [9.17, 15) is 4.79 Å². The molecule has 0 aromatic heterocycles. The topological polar surface area (TPSA) is 89.3 Å². The van der Waals surface area contributed by atoms with E-state index in [0.29, 0.717) is 11.8 Å². The summed E-state index contributed by atoms with van der Waals surface area (Å²) >= 11 is 0. The summed E-state index contributed by atoms with van der Waals surface area (Å²) in [4.78, 5) is 12.7. The van der Waals surface area contributed by atoms with Crippen molar-refractivity contribution in [2.45, 2.75) is 111 Å². The van der Waals surface area contributed by atoms with Crippen LogP contribution in [0.25, 0.3) is 0 Å². The molecule has 0 aromatic carbocycles. The zero-order valence-electron chi connectivity index (χ0n) is 19.4. The molecule has 0 bridgehead atoms. The standard InChI is InChI=1S/C25H44O2.2H2O/c1-17-5-7-21(8-6-17)9-10-22-11-13-23(14-12-22)25(26)27-24-15-18(2)20(4)19(3)16-24;;/h17-24H,5-16H2,1-4H3;2*1H2. The Morgan fingerprint density at radius 1 is 0.724 bits per heavy atom. The third kappa shape index (κ3) is 7.54. The molecule has 29 heavy (non-hydrogen) atoms. The quantitative estimate of drug-likeness (QED) is 0.568. The Kier molecular flexibility index (Phi) is 11.2. The molecular weight excluding hydrogens is 364 g/mol. The van der Waals surface area contributed by atoms with Crippen LogP contribution in [-0.2, 0) is 9.53 Å². The van der Waals surface area contributed by atoms with Gasteiger partial charge in [-0.1, -0.05) is 66.2 Å². The van der Waals surface area contributed by atoms with Crippen molar-refractivity contribution in [2.75, 3.05) is 0 Å². The van der Waals surface area contributed by atoms with Gasteiger partial charge in [0.15, 0.2) is 0 Å². The Hall–Kier alpha value is -0.610. The van der Waals surface area contributed by atoms with E-state index in [4.69, 9.17) is 4.74 Å². The lowest BCUT2D eigenvalue weighted by Crippen LogP contribution is -2.35. The molecule has 3 aliphatic carbocycles. The summed E-state index contributed by atoms with van der Waals surface area (Å²) in [6, 6.07) is 0. The smallest absolute Gasteiger partial charge is 0.309 e. The lowest BCUT2D eigenvalue weighted by molar-refractivity contribution is -0.159. The minimum absolute atomic E-state index is 0. The van der Waals surface area contributed by atoms with E-state index in [1.165, 1.54) is 51.4 Å². The highest BCUT2D eigenvalue weighted by molar-refractivity contribution is 5.72. The largest absolute Gasteiger partial charge is 0.462 e. The minimum atomic E-state index is 0. The van der Waals surface area contributed by atoms with Crippen LogP contribution in [0.1, 0.15) is 105 Å². The van der Waals surface area contributed by atoms with E-state index in [0.717, 1.165) is 49.4 Å². The first-order valence-corrected chi connectivity index (χ1v) is 12.1. The molecule has 2 unspecified atom stereocenters. The van der Waals surface area contributed by atoms with Gasteiger partial charge in [0.1, 0.15) is 6.10 Å². The van der Waals surface area contributed by atoms with Crippen molar-refractivity contribution >= 4 is 5.97 Å². The van der Waals surface area contributed by atoms with Crippen molar-refractivity contribution in [1.29, 1.82) is 0 Å². The summed E-state index contributed by atoms with van der Waals surface area (Å²) < 4.78 is 5.98. The third-order valence-corrected chi connectivity index (χ3v) is 8.65. The van der Waals surface area contributed by atoms with Gasteiger partial charge in [-0.25, -0.2) is 0 Å². The highest BCUT2D eigenvalue weighted by Crippen LogP contribution is 2.39. The van der Waals surface area contributed by atoms with Crippen LogP contribution in [0.5, 0.6) is 0 Å². The molecule has 0 amide bonds. The molecule has 3 rings (SSSR count). The molecule has 4 heteroatoms. The Balaban J connectivity index is 0.00000210. The molecule has 3 aliphatic rings. The second-order valence-corrected chi connectivity index (χ2v) is 10.8. The van der Waals surface area contributed by atoms with Crippen LogP contribution >= 0.6 is 0 Å². The fraction of sp³-hybridized carbons (Fsp3) is 0.960. The van der Waals surface area contributed by atoms with Crippen molar-refractivity contribution in [3.8, 4) is 0 Å². The molecule has 4 nitrogen and oxygen atoms in total. The summed E-state index contributed by atoms with van der Waals surface area (Å²) in [5.41, 5.74) is 0. The van der Waals surface area contributed by atoms with Gasteiger partial charge in [0.25, 0.3) is 0 Å². The van der Waals surface area contributed by atoms with Crippen LogP contribution in [0, 0.1) is 41.4 Å². The van der Waals surface area contributed by atoms with Crippen LogP contribution in [0.3, 0.4) is 0 Å². The highest BCUT2D eigenvalue weighted by atomic mass is 16.5. The summed E-state index contributed by atoms with van der Waals surface area (Å²) in [5, 5.41) is 0. The van der Waals surface area contributed by atoms with Crippen molar-refractivity contribution in [2.24, 2.45) is 41.4 Å². The van der Waals surface area contributed by atoms with Crippen LogP contribution in [0.2, 0.25) is 0 Å². The normalized spacial score (nSPS) is 40.3. The van der Waals surface area contributed by atoms with Crippen molar-refractivity contribution in [3.05, 3.63) is 0 Å². The maximum atomic E-state index is 12.7. The van der Waals surface area contributed by atoms with E-state index < -0.39 is 0 Å². The molecule has 0 aromatic rings. The Morgan fingerprint density at radius 3 is 1.66 bits per heavy atom. The van der Waals surface area contributed by atoms with Crippen LogP contribution in [-0.4, -0.2) is 23.0 Å². The molecule has 0 aliphatic heterocycles.